The molecule has 1 atom stereocenters. The zero-order valence-corrected chi connectivity index (χ0v) is 11.7. The highest BCUT2D eigenvalue weighted by Crippen LogP contribution is 2.27. The molecular weight excluding hydrogens is 260 g/mol. The van der Waals surface area contributed by atoms with E-state index in [9.17, 15) is 9.90 Å². The van der Waals surface area contributed by atoms with E-state index >= 15 is 0 Å². The van der Waals surface area contributed by atoms with Gasteiger partial charge in [0, 0.05) is 16.9 Å². The maximum absolute atomic E-state index is 12.0. The van der Waals surface area contributed by atoms with Crippen LogP contribution in [0.4, 0.5) is 5.69 Å². The number of anilines is 1. The molecule has 0 aliphatic rings. The largest absolute Gasteiger partial charge is 0.399 e. The first-order valence-corrected chi connectivity index (χ1v) is 7.17. The lowest BCUT2D eigenvalue weighted by Crippen LogP contribution is -2.26. The Kier molecular flexibility index (Phi) is 4.39. The van der Waals surface area contributed by atoms with Crippen molar-refractivity contribution in [3.05, 3.63) is 29.1 Å². The summed E-state index contributed by atoms with van der Waals surface area (Å²) in [5.41, 5.74) is 6.41. The van der Waals surface area contributed by atoms with Crippen LogP contribution in [-0.4, -0.2) is 23.7 Å². The fourth-order valence-corrected chi connectivity index (χ4v) is 2.78. The minimum absolute atomic E-state index is 0.0944. The summed E-state index contributed by atoms with van der Waals surface area (Å²) in [6.45, 7) is 2.41. The number of aliphatic hydroxyl groups excluding tert-OH is 1. The van der Waals surface area contributed by atoms with Gasteiger partial charge >= 0.3 is 0 Å². The van der Waals surface area contributed by atoms with Gasteiger partial charge in [-0.05, 0) is 42.5 Å². The topological polar surface area (TPSA) is 75.3 Å². The summed E-state index contributed by atoms with van der Waals surface area (Å²) in [5.74, 6) is -0.0944. The number of carbonyl (C=O) groups excluding carboxylic acids is 1. The molecule has 0 saturated carbocycles. The molecule has 4 nitrogen and oxygen atoms in total. The number of nitrogens with one attached hydrogen (secondary N) is 1. The van der Waals surface area contributed by atoms with Gasteiger partial charge in [-0.25, -0.2) is 0 Å². The number of amides is 1. The summed E-state index contributed by atoms with van der Waals surface area (Å²) in [4.78, 5) is 12.6. The summed E-state index contributed by atoms with van der Waals surface area (Å²) < 4.78 is 1.05. The van der Waals surface area contributed by atoms with Gasteiger partial charge in [0.1, 0.15) is 0 Å². The third-order valence-corrected chi connectivity index (χ3v) is 4.11. The zero-order chi connectivity index (χ0) is 13.8. The highest BCUT2D eigenvalue weighted by molar-refractivity contribution is 7.20. The Bertz CT molecular complexity index is 580. The number of hydrogen-bond acceptors (Lipinski definition) is 4. The molecule has 0 aliphatic heterocycles. The fraction of sp³-hybridized carbons (Fsp3) is 0.357. The number of nitrogen functional groups attached to an aromatic ring is 1. The quantitative estimate of drug-likeness (QED) is 0.735. The van der Waals surface area contributed by atoms with Crippen molar-refractivity contribution in [1.29, 1.82) is 0 Å². The van der Waals surface area contributed by atoms with Crippen molar-refractivity contribution >= 4 is 33.0 Å². The van der Waals surface area contributed by atoms with Gasteiger partial charge in [0.15, 0.2) is 0 Å². The molecule has 1 aromatic carbocycles. The van der Waals surface area contributed by atoms with Gasteiger partial charge in [0.2, 0.25) is 0 Å². The Balaban J connectivity index is 2.01. The lowest BCUT2D eigenvalue weighted by Gasteiger charge is -2.07. The molecule has 0 radical (unpaired) electrons. The maximum Gasteiger partial charge on any atom is 0.261 e. The molecule has 1 heterocycles. The van der Waals surface area contributed by atoms with Crippen LogP contribution in [0.1, 0.15) is 29.4 Å². The van der Waals surface area contributed by atoms with E-state index in [-0.39, 0.29) is 12.0 Å². The van der Waals surface area contributed by atoms with Crippen molar-refractivity contribution in [3.63, 3.8) is 0 Å². The smallest absolute Gasteiger partial charge is 0.261 e. The number of hydrogen-bond donors (Lipinski definition) is 3. The van der Waals surface area contributed by atoms with Crippen LogP contribution in [0.15, 0.2) is 24.3 Å². The molecule has 0 fully saturated rings. The number of rotatable bonds is 5. The van der Waals surface area contributed by atoms with Crippen molar-refractivity contribution in [2.75, 3.05) is 12.3 Å². The zero-order valence-electron chi connectivity index (χ0n) is 10.8. The van der Waals surface area contributed by atoms with Crippen LogP contribution >= 0.6 is 11.3 Å². The summed E-state index contributed by atoms with van der Waals surface area (Å²) >= 11 is 1.45. The van der Waals surface area contributed by atoms with E-state index in [4.69, 9.17) is 5.73 Å². The predicted octanol–water partition coefficient (Wildman–Crippen LogP) is 2.37. The molecule has 102 valence electrons. The van der Waals surface area contributed by atoms with Crippen molar-refractivity contribution in [1.82, 2.24) is 5.32 Å². The molecule has 0 spiro atoms. The Morgan fingerprint density at radius 1 is 1.47 bits per heavy atom. The van der Waals surface area contributed by atoms with E-state index in [2.05, 4.69) is 5.32 Å². The van der Waals surface area contributed by atoms with Crippen molar-refractivity contribution in [3.8, 4) is 0 Å². The van der Waals surface area contributed by atoms with Gasteiger partial charge in [0.25, 0.3) is 5.91 Å². The van der Waals surface area contributed by atoms with E-state index in [0.29, 0.717) is 30.0 Å². The molecule has 1 aromatic heterocycles. The van der Waals surface area contributed by atoms with Gasteiger partial charge in [-0.1, -0.05) is 6.92 Å². The Morgan fingerprint density at radius 2 is 2.26 bits per heavy atom. The van der Waals surface area contributed by atoms with Crippen LogP contribution in [0.5, 0.6) is 0 Å². The molecule has 0 saturated heterocycles. The number of fused-ring (bicyclic) bond motifs is 1. The van der Waals surface area contributed by atoms with Crippen LogP contribution in [0.3, 0.4) is 0 Å². The molecule has 5 heteroatoms. The lowest BCUT2D eigenvalue weighted by atomic mass is 10.2. The second kappa shape index (κ2) is 6.04. The summed E-state index contributed by atoms with van der Waals surface area (Å²) in [5, 5.41) is 13.2. The molecule has 4 N–H and O–H groups in total. The van der Waals surface area contributed by atoms with Gasteiger partial charge in [-0.3, -0.25) is 4.79 Å². The number of thiophene rings is 1. The molecule has 0 aliphatic carbocycles. The predicted molar refractivity (Wildman–Crippen MR) is 79.5 cm³/mol. The summed E-state index contributed by atoms with van der Waals surface area (Å²) in [6.07, 6.45) is 0.945. The van der Waals surface area contributed by atoms with Crippen molar-refractivity contribution in [2.24, 2.45) is 0 Å². The molecule has 2 rings (SSSR count). The van der Waals surface area contributed by atoms with Crippen molar-refractivity contribution in [2.45, 2.75) is 25.9 Å². The van der Waals surface area contributed by atoms with Crippen LogP contribution in [0, 0.1) is 0 Å². The average molecular weight is 278 g/mol. The van der Waals surface area contributed by atoms with Crippen molar-refractivity contribution < 1.29 is 9.90 Å². The van der Waals surface area contributed by atoms with Crippen LogP contribution < -0.4 is 11.1 Å². The minimum atomic E-state index is -0.345. The summed E-state index contributed by atoms with van der Waals surface area (Å²) in [6, 6.07) is 7.47. The van der Waals surface area contributed by atoms with E-state index in [0.717, 1.165) is 10.1 Å². The SMILES string of the molecule is CCC(O)CCNC(=O)c1cc2cc(N)ccc2s1. The first-order chi connectivity index (χ1) is 9.10. The first kappa shape index (κ1) is 13.8. The Hall–Kier alpha value is -1.59. The molecule has 1 unspecified atom stereocenters. The standard InChI is InChI=1S/C14H18N2O2S/c1-2-11(17)5-6-16-14(18)13-8-9-7-10(15)3-4-12(9)19-13/h3-4,7-8,11,17H,2,5-6,15H2,1H3,(H,16,18). The van der Waals surface area contributed by atoms with Crippen LogP contribution in [0.2, 0.25) is 0 Å². The lowest BCUT2D eigenvalue weighted by molar-refractivity contribution is 0.0946. The van der Waals surface area contributed by atoms with Crippen LogP contribution in [0.25, 0.3) is 10.1 Å². The van der Waals surface area contributed by atoms with Crippen LogP contribution in [-0.2, 0) is 0 Å². The van der Waals surface area contributed by atoms with Gasteiger partial charge in [0.05, 0.1) is 11.0 Å². The number of benzene rings is 1. The second-order valence-electron chi connectivity index (χ2n) is 4.51. The highest BCUT2D eigenvalue weighted by atomic mass is 32.1. The molecule has 1 amide bonds. The number of nitrogens with two attached hydrogens (primary N) is 1. The molecular formula is C14H18N2O2S. The minimum Gasteiger partial charge on any atom is -0.399 e. The van der Waals surface area contributed by atoms with E-state index in [1.165, 1.54) is 11.3 Å². The van der Waals surface area contributed by atoms with E-state index in [1.807, 2.05) is 31.2 Å². The summed E-state index contributed by atoms with van der Waals surface area (Å²) in [7, 11) is 0. The van der Waals surface area contributed by atoms with Gasteiger partial charge in [-0.15, -0.1) is 11.3 Å². The molecule has 2 aromatic rings. The van der Waals surface area contributed by atoms with E-state index in [1.54, 1.807) is 0 Å². The Morgan fingerprint density at radius 3 is 3.00 bits per heavy atom. The van der Waals surface area contributed by atoms with Gasteiger partial charge < -0.3 is 16.2 Å². The van der Waals surface area contributed by atoms with E-state index < -0.39 is 0 Å². The maximum atomic E-state index is 12.0. The first-order valence-electron chi connectivity index (χ1n) is 6.35. The number of aliphatic hydroxyl groups is 1. The van der Waals surface area contributed by atoms with Gasteiger partial charge in [-0.2, -0.15) is 0 Å². The second-order valence-corrected chi connectivity index (χ2v) is 5.60. The highest BCUT2D eigenvalue weighted by Gasteiger charge is 2.10. The normalized spacial score (nSPS) is 12.5. The monoisotopic (exact) mass is 278 g/mol. The molecule has 0 bridgehead atoms. The fourth-order valence-electron chi connectivity index (χ4n) is 1.82. The third kappa shape index (κ3) is 3.45. The third-order valence-electron chi connectivity index (χ3n) is 3.00. The Labute approximate surface area is 116 Å². The molecule has 19 heavy (non-hydrogen) atoms. The average Bonchev–Trinajstić information content (AvgIpc) is 2.81. The number of carbonyl (C=O) groups is 1.